The Kier molecular flexibility index (Phi) is 3.81. The van der Waals surface area contributed by atoms with Crippen LogP contribution in [-0.4, -0.2) is 18.5 Å². The Balaban J connectivity index is 2.58. The fourth-order valence-corrected chi connectivity index (χ4v) is 1.47. The van der Waals surface area contributed by atoms with E-state index >= 15 is 0 Å². The molecule has 1 N–H and O–H groups in total. The summed E-state index contributed by atoms with van der Waals surface area (Å²) in [6.45, 7) is 9.37. The number of allylic oxidation sites excluding steroid dienone is 2. The molecule has 2 nitrogen and oxygen atoms in total. The maximum absolute atomic E-state index is 4.04. The Morgan fingerprint density at radius 1 is 1.50 bits per heavy atom. The highest BCUT2D eigenvalue weighted by Crippen LogP contribution is 2.18. The molecule has 0 amide bonds. The zero-order valence-corrected chi connectivity index (χ0v) is 9.43. The van der Waals surface area contributed by atoms with Crippen molar-refractivity contribution in [1.82, 2.24) is 10.2 Å². The van der Waals surface area contributed by atoms with E-state index in [0.717, 1.165) is 17.9 Å². The minimum atomic E-state index is 1.03. The van der Waals surface area contributed by atoms with E-state index in [-0.39, 0.29) is 0 Å². The smallest absolute Gasteiger partial charge is 0.0578 e. The van der Waals surface area contributed by atoms with E-state index in [1.807, 2.05) is 7.05 Å². The summed E-state index contributed by atoms with van der Waals surface area (Å²) >= 11 is 0. The summed E-state index contributed by atoms with van der Waals surface area (Å²) < 4.78 is 0. The lowest BCUT2D eigenvalue weighted by Crippen LogP contribution is -2.25. The van der Waals surface area contributed by atoms with Crippen molar-refractivity contribution in [2.24, 2.45) is 0 Å². The van der Waals surface area contributed by atoms with Crippen LogP contribution in [0.25, 0.3) is 0 Å². The molecule has 78 valence electrons. The van der Waals surface area contributed by atoms with Gasteiger partial charge in [-0.2, -0.15) is 0 Å². The number of likely N-dealkylation sites (N-methyl/N-ethyl adjacent to an activating group) is 1. The van der Waals surface area contributed by atoms with Crippen LogP contribution in [0.5, 0.6) is 0 Å². The summed E-state index contributed by atoms with van der Waals surface area (Å²) in [5.41, 5.74) is 3.46. The molecule has 14 heavy (non-hydrogen) atoms. The molecule has 0 saturated heterocycles. The highest BCUT2D eigenvalue weighted by atomic mass is 15.1. The molecule has 2 heteroatoms. The van der Waals surface area contributed by atoms with Crippen LogP contribution >= 0.6 is 0 Å². The molecule has 0 aromatic carbocycles. The largest absolute Gasteiger partial charge is 0.383 e. The third kappa shape index (κ3) is 2.66. The van der Waals surface area contributed by atoms with Gasteiger partial charge in [0, 0.05) is 19.8 Å². The number of hydrogen-bond donors (Lipinski definition) is 1. The predicted octanol–water partition coefficient (Wildman–Crippen LogP) is 2.62. The average molecular weight is 192 g/mol. The number of rotatable bonds is 4. The van der Waals surface area contributed by atoms with Crippen LogP contribution in [0.4, 0.5) is 0 Å². The first kappa shape index (κ1) is 10.9. The Morgan fingerprint density at radius 2 is 2.21 bits per heavy atom. The highest BCUT2D eigenvalue weighted by Gasteiger charge is 2.10. The van der Waals surface area contributed by atoms with Crippen LogP contribution < -0.4 is 5.32 Å². The van der Waals surface area contributed by atoms with Crippen molar-refractivity contribution in [2.45, 2.75) is 26.7 Å². The van der Waals surface area contributed by atoms with Crippen LogP contribution in [0.1, 0.15) is 26.7 Å². The van der Waals surface area contributed by atoms with Crippen LogP contribution in [0, 0.1) is 0 Å². The topological polar surface area (TPSA) is 15.3 Å². The average Bonchev–Trinajstić information content (AvgIpc) is 2.13. The third-order valence-corrected chi connectivity index (χ3v) is 2.35. The molecule has 1 aliphatic heterocycles. The zero-order chi connectivity index (χ0) is 10.6. The molecule has 0 saturated carbocycles. The zero-order valence-electron chi connectivity index (χ0n) is 9.43. The van der Waals surface area contributed by atoms with Crippen LogP contribution in [0.2, 0.25) is 0 Å². The molecule has 1 rings (SSSR count). The van der Waals surface area contributed by atoms with Crippen molar-refractivity contribution in [2.75, 3.05) is 13.6 Å². The molecule has 0 bridgehead atoms. The molecule has 0 fully saturated rings. The molecule has 1 heterocycles. The number of hydrogen-bond acceptors (Lipinski definition) is 2. The lowest BCUT2D eigenvalue weighted by Gasteiger charge is -2.25. The summed E-state index contributed by atoms with van der Waals surface area (Å²) in [5, 5.41) is 3.41. The van der Waals surface area contributed by atoms with Gasteiger partial charge in [0.25, 0.3) is 0 Å². The van der Waals surface area contributed by atoms with Crippen LogP contribution in [-0.2, 0) is 0 Å². The van der Waals surface area contributed by atoms with E-state index in [1.54, 1.807) is 0 Å². The second kappa shape index (κ2) is 4.89. The van der Waals surface area contributed by atoms with Crippen molar-refractivity contribution in [3.8, 4) is 0 Å². The molecule has 0 aromatic heterocycles. The van der Waals surface area contributed by atoms with E-state index in [4.69, 9.17) is 0 Å². The first-order chi connectivity index (χ1) is 6.65. The van der Waals surface area contributed by atoms with E-state index < -0.39 is 0 Å². The second-order valence-corrected chi connectivity index (χ2v) is 3.77. The Morgan fingerprint density at radius 3 is 2.86 bits per heavy atom. The lowest BCUT2D eigenvalue weighted by molar-refractivity contribution is 0.549. The normalized spacial score (nSPS) is 16.5. The van der Waals surface area contributed by atoms with Gasteiger partial charge in [0.15, 0.2) is 0 Å². The first-order valence-electron chi connectivity index (χ1n) is 5.21. The van der Waals surface area contributed by atoms with Gasteiger partial charge in [-0.3, -0.25) is 0 Å². The standard InChI is InChI=1S/C12H20N2/c1-5-6-7-13-12-8-10(2)9-14(4)11(12)3/h8-9,13H,3,5-7H2,1-2,4H3. The van der Waals surface area contributed by atoms with Crippen molar-refractivity contribution in [3.63, 3.8) is 0 Å². The summed E-state index contributed by atoms with van der Waals surface area (Å²) in [4.78, 5) is 2.06. The monoisotopic (exact) mass is 192 g/mol. The molecular weight excluding hydrogens is 172 g/mol. The van der Waals surface area contributed by atoms with Gasteiger partial charge in [0.2, 0.25) is 0 Å². The summed E-state index contributed by atoms with van der Waals surface area (Å²) in [6, 6.07) is 0. The predicted molar refractivity (Wildman–Crippen MR) is 61.7 cm³/mol. The van der Waals surface area contributed by atoms with Crippen molar-refractivity contribution < 1.29 is 0 Å². The first-order valence-corrected chi connectivity index (χ1v) is 5.21. The lowest BCUT2D eigenvalue weighted by atomic mass is 10.1. The van der Waals surface area contributed by atoms with Gasteiger partial charge in [-0.25, -0.2) is 0 Å². The van der Waals surface area contributed by atoms with Gasteiger partial charge in [0.1, 0.15) is 0 Å². The molecule has 0 atom stereocenters. The fourth-order valence-electron chi connectivity index (χ4n) is 1.47. The van der Waals surface area contributed by atoms with E-state index in [9.17, 15) is 0 Å². The van der Waals surface area contributed by atoms with Gasteiger partial charge in [-0.15, -0.1) is 0 Å². The summed E-state index contributed by atoms with van der Waals surface area (Å²) in [7, 11) is 2.03. The Bertz CT molecular complexity index is 274. The number of nitrogens with one attached hydrogen (secondary N) is 1. The maximum Gasteiger partial charge on any atom is 0.0578 e. The van der Waals surface area contributed by atoms with Crippen molar-refractivity contribution in [3.05, 3.63) is 35.8 Å². The highest BCUT2D eigenvalue weighted by molar-refractivity contribution is 5.38. The van der Waals surface area contributed by atoms with Crippen molar-refractivity contribution in [1.29, 1.82) is 0 Å². The molecule has 1 aliphatic rings. The van der Waals surface area contributed by atoms with Crippen LogP contribution in [0.15, 0.2) is 35.8 Å². The van der Waals surface area contributed by atoms with Gasteiger partial charge in [-0.05, 0) is 25.0 Å². The number of unbranched alkanes of at least 4 members (excludes halogenated alkanes) is 1. The van der Waals surface area contributed by atoms with Gasteiger partial charge in [-0.1, -0.05) is 19.9 Å². The molecule has 0 radical (unpaired) electrons. The van der Waals surface area contributed by atoms with Gasteiger partial charge in [0.05, 0.1) is 11.4 Å². The third-order valence-electron chi connectivity index (χ3n) is 2.35. The molecule has 0 unspecified atom stereocenters. The van der Waals surface area contributed by atoms with Crippen LogP contribution in [0.3, 0.4) is 0 Å². The molecule has 0 aliphatic carbocycles. The van der Waals surface area contributed by atoms with Gasteiger partial charge < -0.3 is 10.2 Å². The fraction of sp³-hybridized carbons (Fsp3) is 0.500. The Labute approximate surface area is 87.0 Å². The molecule has 0 aromatic rings. The van der Waals surface area contributed by atoms with E-state index in [2.05, 4.69) is 42.9 Å². The maximum atomic E-state index is 4.04. The summed E-state index contributed by atoms with van der Waals surface area (Å²) in [6.07, 6.45) is 6.67. The van der Waals surface area contributed by atoms with Gasteiger partial charge >= 0.3 is 0 Å². The summed E-state index contributed by atoms with van der Waals surface area (Å²) in [5.74, 6) is 0. The molecule has 0 spiro atoms. The second-order valence-electron chi connectivity index (χ2n) is 3.77. The number of nitrogens with zero attached hydrogens (tertiary/aromatic N) is 1. The molecular formula is C12H20N2. The quantitative estimate of drug-likeness (QED) is 0.689. The SMILES string of the molecule is C=C1C(NCCCC)=CC(C)=CN1C. The minimum absolute atomic E-state index is 1.03. The van der Waals surface area contributed by atoms with E-state index in [1.165, 1.54) is 18.4 Å². The van der Waals surface area contributed by atoms with E-state index in [0.29, 0.717) is 0 Å². The minimum Gasteiger partial charge on any atom is -0.383 e. The van der Waals surface area contributed by atoms with Crippen molar-refractivity contribution >= 4 is 0 Å². The Hall–Kier alpha value is -1.18.